The van der Waals surface area contributed by atoms with E-state index in [0.717, 1.165) is 22.3 Å². The van der Waals surface area contributed by atoms with Gasteiger partial charge in [-0.1, -0.05) is 48.5 Å². The zero-order valence-corrected chi connectivity index (χ0v) is 21.1. The molecular weight excluding hydrogens is 458 g/mol. The largest absolute Gasteiger partial charge is 0.496 e. The highest BCUT2D eigenvalue weighted by Crippen LogP contribution is 2.28. The molecule has 0 fully saturated rings. The summed E-state index contributed by atoms with van der Waals surface area (Å²) in [6.45, 7) is 6.10. The molecule has 0 aliphatic rings. The van der Waals surface area contributed by atoms with Crippen LogP contribution in [-0.4, -0.2) is 42.9 Å². The molecule has 1 unspecified atom stereocenters. The minimum absolute atomic E-state index is 0.199. The van der Waals surface area contributed by atoms with E-state index < -0.39 is 12.1 Å². The van der Waals surface area contributed by atoms with Gasteiger partial charge in [-0.15, -0.1) is 0 Å². The van der Waals surface area contributed by atoms with Crippen molar-refractivity contribution in [1.82, 2.24) is 5.32 Å². The summed E-state index contributed by atoms with van der Waals surface area (Å²) in [7, 11) is 1.55. The van der Waals surface area contributed by atoms with E-state index in [9.17, 15) is 14.7 Å². The number of ether oxygens (including phenoxy) is 3. The van der Waals surface area contributed by atoms with Gasteiger partial charge in [0, 0.05) is 18.5 Å². The Bertz CT molecular complexity index is 1180. The van der Waals surface area contributed by atoms with Crippen LogP contribution in [0.5, 0.6) is 11.5 Å². The molecular formula is C29H33NO6. The van der Waals surface area contributed by atoms with Crippen LogP contribution in [-0.2, 0) is 22.5 Å². The molecule has 0 aliphatic heterocycles. The first-order chi connectivity index (χ1) is 17.3. The van der Waals surface area contributed by atoms with Gasteiger partial charge in [0.25, 0.3) is 5.91 Å². The van der Waals surface area contributed by atoms with Crippen molar-refractivity contribution in [2.24, 2.45) is 0 Å². The summed E-state index contributed by atoms with van der Waals surface area (Å²) < 4.78 is 16.8. The first kappa shape index (κ1) is 26.8. The molecule has 36 heavy (non-hydrogen) atoms. The van der Waals surface area contributed by atoms with Crippen LogP contribution in [0.25, 0.3) is 11.1 Å². The van der Waals surface area contributed by atoms with Crippen LogP contribution in [0.1, 0.15) is 42.3 Å². The van der Waals surface area contributed by atoms with E-state index in [4.69, 9.17) is 14.2 Å². The van der Waals surface area contributed by atoms with Crippen LogP contribution in [0.3, 0.4) is 0 Å². The number of hydrogen-bond donors (Lipinski definition) is 2. The predicted molar refractivity (Wildman–Crippen MR) is 139 cm³/mol. The van der Waals surface area contributed by atoms with Crippen molar-refractivity contribution < 1.29 is 28.9 Å². The Balaban J connectivity index is 1.78. The fourth-order valence-corrected chi connectivity index (χ4v) is 3.90. The molecule has 3 aromatic carbocycles. The lowest BCUT2D eigenvalue weighted by Crippen LogP contribution is -2.29. The summed E-state index contributed by atoms with van der Waals surface area (Å²) >= 11 is 0. The number of rotatable bonds is 12. The second-order valence-corrected chi connectivity index (χ2v) is 8.55. The molecule has 0 heterocycles. The summed E-state index contributed by atoms with van der Waals surface area (Å²) in [5, 5.41) is 12.4. The summed E-state index contributed by atoms with van der Waals surface area (Å²) in [5.41, 5.74) is 3.93. The van der Waals surface area contributed by atoms with Crippen LogP contribution in [0.4, 0.5) is 0 Å². The van der Waals surface area contributed by atoms with E-state index in [0.29, 0.717) is 23.7 Å². The fourth-order valence-electron chi connectivity index (χ4n) is 3.90. The van der Waals surface area contributed by atoms with Gasteiger partial charge in [-0.3, -0.25) is 4.79 Å². The molecule has 190 valence electrons. The van der Waals surface area contributed by atoms with Crippen molar-refractivity contribution in [1.29, 1.82) is 0 Å². The van der Waals surface area contributed by atoms with E-state index in [-0.39, 0.29) is 25.0 Å². The molecule has 0 bridgehead atoms. The van der Waals surface area contributed by atoms with E-state index in [1.165, 1.54) is 0 Å². The number of hydrogen-bond acceptors (Lipinski definition) is 5. The first-order valence-electron chi connectivity index (χ1n) is 12.0. The third-order valence-electron chi connectivity index (χ3n) is 5.55. The molecule has 3 aromatic rings. The second kappa shape index (κ2) is 12.7. The number of carbonyl (C=O) groups excluding carboxylic acids is 1. The lowest BCUT2D eigenvalue weighted by atomic mass is 10.0. The van der Waals surface area contributed by atoms with Gasteiger partial charge in [-0.05, 0) is 55.7 Å². The molecule has 7 nitrogen and oxygen atoms in total. The molecule has 2 N–H and O–H groups in total. The monoisotopic (exact) mass is 491 g/mol. The molecule has 1 atom stereocenters. The molecule has 1 amide bonds. The topological polar surface area (TPSA) is 94.1 Å². The number of nitrogens with one attached hydrogen (secondary N) is 1. The number of methoxy groups -OCH3 is 1. The zero-order chi connectivity index (χ0) is 26.1. The van der Waals surface area contributed by atoms with Crippen LogP contribution in [0.15, 0.2) is 66.7 Å². The fraction of sp³-hybridized carbons (Fsp3) is 0.310. The maximum atomic E-state index is 13.1. The van der Waals surface area contributed by atoms with Gasteiger partial charge in [0.2, 0.25) is 0 Å². The normalized spacial score (nSPS) is 11.7. The maximum absolute atomic E-state index is 13.1. The van der Waals surface area contributed by atoms with Gasteiger partial charge in [-0.25, -0.2) is 4.79 Å². The quantitative estimate of drug-likeness (QED) is 0.366. The average Bonchev–Trinajstić information content (AvgIpc) is 2.87. The van der Waals surface area contributed by atoms with E-state index in [1.807, 2.05) is 55.5 Å². The number of carbonyl (C=O) groups is 2. The Hall–Kier alpha value is -3.84. The van der Waals surface area contributed by atoms with Crippen LogP contribution in [0.2, 0.25) is 0 Å². The van der Waals surface area contributed by atoms with E-state index in [2.05, 4.69) is 5.32 Å². The molecule has 3 rings (SSSR count). The van der Waals surface area contributed by atoms with Gasteiger partial charge in [-0.2, -0.15) is 0 Å². The SMILES string of the molecule is CCOc1cc(-c2ccccc2)ccc1C(=O)NCc1cc(CC(OC(C)C)C(=O)O)ccc1OC. The van der Waals surface area contributed by atoms with Crippen molar-refractivity contribution in [3.63, 3.8) is 0 Å². The van der Waals surface area contributed by atoms with Crippen molar-refractivity contribution >= 4 is 11.9 Å². The first-order valence-corrected chi connectivity index (χ1v) is 12.0. The van der Waals surface area contributed by atoms with Crippen molar-refractivity contribution in [3.8, 4) is 22.6 Å². The number of carboxylic acid groups (broad SMARTS) is 1. The van der Waals surface area contributed by atoms with Gasteiger partial charge >= 0.3 is 5.97 Å². The summed E-state index contributed by atoms with van der Waals surface area (Å²) in [6.07, 6.45) is -0.970. The Morgan fingerprint density at radius 1 is 0.944 bits per heavy atom. The lowest BCUT2D eigenvalue weighted by Gasteiger charge is -2.18. The smallest absolute Gasteiger partial charge is 0.333 e. The van der Waals surface area contributed by atoms with Crippen LogP contribution in [0, 0.1) is 0 Å². The zero-order valence-electron chi connectivity index (χ0n) is 21.1. The standard InChI is InChI=1S/C29H33NO6/c1-5-35-26-17-22(21-9-7-6-8-10-21)12-13-24(26)28(31)30-18-23-15-20(11-14-25(23)34-4)16-27(29(32)33)36-19(2)3/h6-15,17,19,27H,5,16,18H2,1-4H3,(H,30,31)(H,32,33). The molecule has 0 spiro atoms. The second-order valence-electron chi connectivity index (χ2n) is 8.55. The van der Waals surface area contributed by atoms with Gasteiger partial charge in [0.1, 0.15) is 11.5 Å². The average molecular weight is 492 g/mol. The highest BCUT2D eigenvalue weighted by atomic mass is 16.5. The van der Waals surface area contributed by atoms with E-state index >= 15 is 0 Å². The summed E-state index contributed by atoms with van der Waals surface area (Å²) in [6, 6.07) is 20.8. The number of carboxylic acids is 1. The molecule has 0 radical (unpaired) electrons. The Morgan fingerprint density at radius 3 is 2.33 bits per heavy atom. The van der Waals surface area contributed by atoms with Crippen molar-refractivity contribution in [2.75, 3.05) is 13.7 Å². The predicted octanol–water partition coefficient (Wildman–Crippen LogP) is 5.11. The Morgan fingerprint density at radius 2 is 1.69 bits per heavy atom. The summed E-state index contributed by atoms with van der Waals surface area (Å²) in [4.78, 5) is 24.7. The molecule has 0 aliphatic carbocycles. The highest BCUT2D eigenvalue weighted by Gasteiger charge is 2.21. The Kier molecular flexibility index (Phi) is 9.47. The molecule has 7 heteroatoms. The third kappa shape index (κ3) is 7.09. The van der Waals surface area contributed by atoms with Gasteiger partial charge in [0.15, 0.2) is 6.10 Å². The third-order valence-corrected chi connectivity index (χ3v) is 5.55. The minimum atomic E-state index is -1.02. The van der Waals surface area contributed by atoms with E-state index in [1.54, 1.807) is 39.2 Å². The van der Waals surface area contributed by atoms with Crippen molar-refractivity contribution in [2.45, 2.75) is 45.9 Å². The van der Waals surface area contributed by atoms with Gasteiger partial charge in [0.05, 0.1) is 25.4 Å². The Labute approximate surface area is 212 Å². The maximum Gasteiger partial charge on any atom is 0.333 e. The molecule has 0 aromatic heterocycles. The number of benzene rings is 3. The minimum Gasteiger partial charge on any atom is -0.496 e. The summed E-state index contributed by atoms with van der Waals surface area (Å²) in [5.74, 6) is -0.193. The number of amides is 1. The van der Waals surface area contributed by atoms with Crippen LogP contribution < -0.4 is 14.8 Å². The molecule has 0 saturated carbocycles. The lowest BCUT2D eigenvalue weighted by molar-refractivity contribution is -0.153. The number of aliphatic carboxylic acids is 1. The molecule has 0 saturated heterocycles. The highest BCUT2D eigenvalue weighted by molar-refractivity contribution is 5.97. The van der Waals surface area contributed by atoms with Crippen LogP contribution >= 0.6 is 0 Å². The van der Waals surface area contributed by atoms with Gasteiger partial charge < -0.3 is 24.6 Å². The van der Waals surface area contributed by atoms with Crippen molar-refractivity contribution in [3.05, 3.63) is 83.4 Å².